The number of anilines is 1. The van der Waals surface area contributed by atoms with E-state index in [9.17, 15) is 14.0 Å². The molecule has 2 aromatic rings. The van der Waals surface area contributed by atoms with Crippen LogP contribution in [0, 0.1) is 5.82 Å². The van der Waals surface area contributed by atoms with Crippen molar-refractivity contribution in [1.29, 1.82) is 0 Å². The molecule has 1 unspecified atom stereocenters. The minimum absolute atomic E-state index is 0.0251. The zero-order chi connectivity index (χ0) is 21.3. The first-order chi connectivity index (χ1) is 14.4. The molecule has 1 fully saturated rings. The van der Waals surface area contributed by atoms with Gasteiger partial charge in [-0.25, -0.2) is 4.39 Å². The van der Waals surface area contributed by atoms with Crippen molar-refractivity contribution in [2.45, 2.75) is 19.6 Å². The summed E-state index contributed by atoms with van der Waals surface area (Å²) in [6.07, 6.45) is -0.630. The first-order valence-corrected chi connectivity index (χ1v) is 10.3. The van der Waals surface area contributed by atoms with E-state index in [1.165, 1.54) is 11.0 Å². The maximum atomic E-state index is 14.0. The molecule has 2 amide bonds. The van der Waals surface area contributed by atoms with Gasteiger partial charge in [-0.05, 0) is 31.2 Å². The zero-order valence-electron chi connectivity index (χ0n) is 16.7. The Bertz CT molecular complexity index is 942. The Morgan fingerprint density at radius 2 is 1.87 bits per heavy atom. The summed E-state index contributed by atoms with van der Waals surface area (Å²) >= 11 is 6.12. The summed E-state index contributed by atoms with van der Waals surface area (Å²) in [6, 6.07) is 11.9. The van der Waals surface area contributed by atoms with Crippen molar-refractivity contribution in [2.75, 3.05) is 37.6 Å². The third-order valence-corrected chi connectivity index (χ3v) is 5.89. The summed E-state index contributed by atoms with van der Waals surface area (Å²) in [4.78, 5) is 30.8. The van der Waals surface area contributed by atoms with E-state index >= 15 is 0 Å². The molecule has 4 rings (SSSR count). The lowest BCUT2D eigenvalue weighted by Gasteiger charge is -2.37. The fraction of sp³-hybridized carbons (Fsp3) is 0.364. The molecule has 1 saturated heterocycles. The number of ether oxygens (including phenoxy) is 1. The van der Waals surface area contributed by atoms with Crippen molar-refractivity contribution in [3.05, 3.63) is 58.9 Å². The van der Waals surface area contributed by atoms with Gasteiger partial charge in [-0.2, -0.15) is 0 Å². The Labute approximate surface area is 179 Å². The number of rotatable bonds is 4. The van der Waals surface area contributed by atoms with E-state index in [-0.39, 0.29) is 24.2 Å². The van der Waals surface area contributed by atoms with Crippen LogP contribution in [0.25, 0.3) is 0 Å². The van der Waals surface area contributed by atoms with E-state index in [4.69, 9.17) is 16.3 Å². The number of carbonyl (C=O) groups excluding carboxylic acids is 2. The highest BCUT2D eigenvalue weighted by Gasteiger charge is 2.34. The Kier molecular flexibility index (Phi) is 5.92. The second-order valence-electron chi connectivity index (χ2n) is 7.51. The van der Waals surface area contributed by atoms with Gasteiger partial charge >= 0.3 is 0 Å². The number of amides is 2. The average molecular weight is 432 g/mol. The number of nitrogens with zero attached hydrogens (tertiary/aromatic N) is 3. The maximum absolute atomic E-state index is 14.0. The maximum Gasteiger partial charge on any atom is 0.268 e. The molecule has 158 valence electrons. The summed E-state index contributed by atoms with van der Waals surface area (Å²) in [6.45, 7) is 4.31. The van der Waals surface area contributed by atoms with E-state index in [0.29, 0.717) is 54.7 Å². The van der Waals surface area contributed by atoms with E-state index in [1.54, 1.807) is 36.1 Å². The highest BCUT2D eigenvalue weighted by atomic mass is 35.5. The second-order valence-corrected chi connectivity index (χ2v) is 7.92. The molecule has 0 aliphatic carbocycles. The molecule has 2 heterocycles. The molecule has 0 aromatic heterocycles. The van der Waals surface area contributed by atoms with Crippen molar-refractivity contribution in [1.82, 2.24) is 9.80 Å². The zero-order valence-corrected chi connectivity index (χ0v) is 17.4. The van der Waals surface area contributed by atoms with Gasteiger partial charge in [-0.3, -0.25) is 19.4 Å². The average Bonchev–Trinajstić information content (AvgIpc) is 2.74. The van der Waals surface area contributed by atoms with Crippen molar-refractivity contribution in [2.24, 2.45) is 0 Å². The molecule has 0 N–H and O–H groups in total. The van der Waals surface area contributed by atoms with Gasteiger partial charge in [0.25, 0.3) is 5.91 Å². The monoisotopic (exact) mass is 431 g/mol. The van der Waals surface area contributed by atoms with Crippen LogP contribution in [0.5, 0.6) is 5.75 Å². The number of halogens is 2. The summed E-state index contributed by atoms with van der Waals surface area (Å²) < 4.78 is 19.7. The minimum Gasteiger partial charge on any atom is -0.479 e. The van der Waals surface area contributed by atoms with Crippen LogP contribution >= 0.6 is 11.6 Å². The van der Waals surface area contributed by atoms with Gasteiger partial charge in [0.15, 0.2) is 6.10 Å². The standard InChI is InChI=1S/C22H23ClFN3O3/c1-15-22(29)27(19-7-2-3-8-20(19)30-15)14-21(28)26-11-9-25(10-12-26)13-16-17(23)5-4-6-18(16)24/h2-8,15H,9-14H2,1H3. The molecule has 30 heavy (non-hydrogen) atoms. The van der Waals surface area contributed by atoms with Crippen LogP contribution in [0.2, 0.25) is 5.02 Å². The van der Waals surface area contributed by atoms with Crippen LogP contribution < -0.4 is 9.64 Å². The third kappa shape index (κ3) is 4.13. The molecule has 2 aliphatic rings. The summed E-state index contributed by atoms with van der Waals surface area (Å²) in [5.74, 6) is -0.0608. The summed E-state index contributed by atoms with van der Waals surface area (Å²) in [5, 5.41) is 0.409. The summed E-state index contributed by atoms with van der Waals surface area (Å²) in [7, 11) is 0. The van der Waals surface area contributed by atoms with Crippen molar-refractivity contribution >= 4 is 29.1 Å². The molecule has 8 heteroatoms. The van der Waals surface area contributed by atoms with Gasteiger partial charge < -0.3 is 9.64 Å². The lowest BCUT2D eigenvalue weighted by Crippen LogP contribution is -2.53. The Morgan fingerprint density at radius 3 is 2.60 bits per heavy atom. The number of piperazine rings is 1. The Balaban J connectivity index is 1.38. The third-order valence-electron chi connectivity index (χ3n) is 5.54. The van der Waals surface area contributed by atoms with Crippen molar-refractivity contribution < 1.29 is 18.7 Å². The molecular formula is C22H23ClFN3O3. The first-order valence-electron chi connectivity index (χ1n) is 9.94. The predicted octanol–water partition coefficient (Wildman–Crippen LogP) is 2.94. The molecule has 0 spiro atoms. The van der Waals surface area contributed by atoms with Crippen LogP contribution in [0.3, 0.4) is 0 Å². The van der Waals surface area contributed by atoms with Gasteiger partial charge in [-0.1, -0.05) is 29.8 Å². The van der Waals surface area contributed by atoms with Crippen molar-refractivity contribution in [3.8, 4) is 5.75 Å². The van der Waals surface area contributed by atoms with E-state index in [2.05, 4.69) is 4.90 Å². The van der Waals surface area contributed by atoms with Crippen molar-refractivity contribution in [3.63, 3.8) is 0 Å². The normalized spacial score (nSPS) is 19.4. The van der Waals surface area contributed by atoms with Crippen LogP contribution in [-0.4, -0.2) is 60.4 Å². The fourth-order valence-electron chi connectivity index (χ4n) is 3.82. The Morgan fingerprint density at radius 1 is 1.13 bits per heavy atom. The second kappa shape index (κ2) is 8.62. The first kappa shape index (κ1) is 20.6. The van der Waals surface area contributed by atoms with Gasteiger partial charge in [0.2, 0.25) is 5.91 Å². The lowest BCUT2D eigenvalue weighted by molar-refractivity contribution is -0.134. The predicted molar refractivity (Wildman–Crippen MR) is 112 cm³/mol. The summed E-state index contributed by atoms with van der Waals surface area (Å²) in [5.41, 5.74) is 1.09. The van der Waals surface area contributed by atoms with Gasteiger partial charge in [0, 0.05) is 43.3 Å². The van der Waals surface area contributed by atoms with Gasteiger partial charge in [-0.15, -0.1) is 0 Å². The molecule has 1 atom stereocenters. The highest BCUT2D eigenvalue weighted by molar-refractivity contribution is 6.31. The number of hydrogen-bond donors (Lipinski definition) is 0. The van der Waals surface area contributed by atoms with Gasteiger partial charge in [0.05, 0.1) is 5.69 Å². The topological polar surface area (TPSA) is 53.1 Å². The number of carbonyl (C=O) groups is 2. The quantitative estimate of drug-likeness (QED) is 0.747. The van der Waals surface area contributed by atoms with E-state index < -0.39 is 6.10 Å². The van der Waals surface area contributed by atoms with E-state index in [1.807, 2.05) is 12.1 Å². The molecule has 6 nitrogen and oxygen atoms in total. The molecule has 0 bridgehead atoms. The number of hydrogen-bond acceptors (Lipinski definition) is 4. The molecule has 0 radical (unpaired) electrons. The molecule has 2 aromatic carbocycles. The number of fused-ring (bicyclic) bond motifs is 1. The van der Waals surface area contributed by atoms with Crippen LogP contribution in [-0.2, 0) is 16.1 Å². The molecule has 2 aliphatic heterocycles. The molecular weight excluding hydrogens is 409 g/mol. The fourth-order valence-corrected chi connectivity index (χ4v) is 4.04. The largest absolute Gasteiger partial charge is 0.479 e. The van der Waals surface area contributed by atoms with Crippen LogP contribution in [0.4, 0.5) is 10.1 Å². The van der Waals surface area contributed by atoms with Crippen LogP contribution in [0.15, 0.2) is 42.5 Å². The SMILES string of the molecule is CC1Oc2ccccc2N(CC(=O)N2CCN(Cc3c(F)cccc3Cl)CC2)C1=O. The smallest absolute Gasteiger partial charge is 0.268 e. The minimum atomic E-state index is -0.630. The Hall–Kier alpha value is -2.64. The number of para-hydroxylation sites is 2. The lowest BCUT2D eigenvalue weighted by atomic mass is 10.1. The van der Waals surface area contributed by atoms with E-state index in [0.717, 1.165) is 0 Å². The molecule has 0 saturated carbocycles. The van der Waals surface area contributed by atoms with Gasteiger partial charge in [0.1, 0.15) is 18.1 Å². The highest BCUT2D eigenvalue weighted by Crippen LogP contribution is 2.33. The number of benzene rings is 2. The van der Waals surface area contributed by atoms with Crippen LogP contribution in [0.1, 0.15) is 12.5 Å².